The Morgan fingerprint density at radius 3 is 2.77 bits per heavy atom. The van der Waals surface area contributed by atoms with Crippen molar-refractivity contribution in [2.75, 3.05) is 6.54 Å². The molecule has 1 N–H and O–H groups in total. The molecule has 4 heterocycles. The summed E-state index contributed by atoms with van der Waals surface area (Å²) < 4.78 is 2.00. The average Bonchev–Trinajstić information content (AvgIpc) is 3.15. The first kappa shape index (κ1) is 19.4. The van der Waals surface area contributed by atoms with Crippen molar-refractivity contribution in [2.45, 2.75) is 33.4 Å². The van der Waals surface area contributed by atoms with Gasteiger partial charge in [-0.25, -0.2) is 9.67 Å². The van der Waals surface area contributed by atoms with Crippen LogP contribution < -0.4 is 5.56 Å². The Bertz CT molecular complexity index is 1290. The number of nitrogens with one attached hydrogen (secondary N) is 1. The largest absolute Gasteiger partial charge is 0.306 e. The zero-order chi connectivity index (χ0) is 21.4. The number of hydrogen-bond acceptors (Lipinski definition) is 5. The molecular formula is C24H24N6O. The van der Waals surface area contributed by atoms with E-state index in [1.165, 1.54) is 11.1 Å². The number of pyridine rings is 1. The Balaban J connectivity index is 1.38. The van der Waals surface area contributed by atoms with Crippen molar-refractivity contribution in [3.8, 4) is 17.1 Å². The molecule has 0 unspecified atom stereocenters. The van der Waals surface area contributed by atoms with Gasteiger partial charge >= 0.3 is 0 Å². The highest BCUT2D eigenvalue weighted by Gasteiger charge is 2.23. The Morgan fingerprint density at radius 2 is 1.97 bits per heavy atom. The van der Waals surface area contributed by atoms with Crippen LogP contribution in [0.1, 0.15) is 28.1 Å². The lowest BCUT2D eigenvalue weighted by Gasteiger charge is -2.27. The molecule has 0 saturated heterocycles. The van der Waals surface area contributed by atoms with Crippen LogP contribution in [0.15, 0.2) is 59.8 Å². The first-order valence-electron chi connectivity index (χ1n) is 10.4. The monoisotopic (exact) mass is 412 g/mol. The lowest BCUT2D eigenvalue weighted by Crippen LogP contribution is -2.35. The number of aromatic amines is 1. The minimum Gasteiger partial charge on any atom is -0.306 e. The minimum atomic E-state index is -0.0686. The highest BCUT2D eigenvalue weighted by Crippen LogP contribution is 2.22. The van der Waals surface area contributed by atoms with E-state index in [2.05, 4.69) is 45.9 Å². The van der Waals surface area contributed by atoms with Gasteiger partial charge in [0.15, 0.2) is 0 Å². The van der Waals surface area contributed by atoms with Crippen LogP contribution >= 0.6 is 0 Å². The van der Waals surface area contributed by atoms with Crippen LogP contribution in [0.4, 0.5) is 0 Å². The third kappa shape index (κ3) is 3.68. The van der Waals surface area contributed by atoms with Crippen LogP contribution in [-0.2, 0) is 19.5 Å². The number of fused-ring (bicyclic) bond motifs is 1. The second-order valence-corrected chi connectivity index (χ2v) is 8.00. The fraction of sp³-hybridized carbons (Fsp3) is 0.250. The molecule has 0 bridgehead atoms. The van der Waals surface area contributed by atoms with Crippen LogP contribution in [0.2, 0.25) is 0 Å². The van der Waals surface area contributed by atoms with Gasteiger partial charge in [-0.05, 0) is 37.6 Å². The molecule has 1 aliphatic heterocycles. The summed E-state index contributed by atoms with van der Waals surface area (Å²) in [6.45, 7) is 6.38. The zero-order valence-electron chi connectivity index (χ0n) is 17.7. The maximum absolute atomic E-state index is 12.8. The zero-order valence-corrected chi connectivity index (χ0v) is 17.7. The van der Waals surface area contributed by atoms with E-state index in [9.17, 15) is 4.79 Å². The summed E-state index contributed by atoms with van der Waals surface area (Å²) in [6, 6.07) is 12.0. The predicted molar refractivity (Wildman–Crippen MR) is 119 cm³/mol. The van der Waals surface area contributed by atoms with Crippen molar-refractivity contribution < 1.29 is 0 Å². The predicted octanol–water partition coefficient (Wildman–Crippen LogP) is 3.19. The third-order valence-electron chi connectivity index (χ3n) is 5.93. The number of para-hydroxylation sites is 1. The minimum absolute atomic E-state index is 0.0686. The highest BCUT2D eigenvalue weighted by atomic mass is 16.1. The normalized spacial score (nSPS) is 13.9. The molecule has 0 aliphatic carbocycles. The number of rotatable bonds is 4. The number of nitrogens with zero attached hydrogens (tertiary/aromatic N) is 5. The van der Waals surface area contributed by atoms with E-state index in [-0.39, 0.29) is 5.56 Å². The molecule has 156 valence electrons. The van der Waals surface area contributed by atoms with Gasteiger partial charge in [-0.3, -0.25) is 14.7 Å². The summed E-state index contributed by atoms with van der Waals surface area (Å²) in [6.07, 6.45) is 6.11. The van der Waals surface area contributed by atoms with E-state index >= 15 is 0 Å². The summed E-state index contributed by atoms with van der Waals surface area (Å²) in [4.78, 5) is 26.8. The van der Waals surface area contributed by atoms with Crippen molar-refractivity contribution >= 4 is 0 Å². The van der Waals surface area contributed by atoms with Crippen LogP contribution in [-0.4, -0.2) is 36.2 Å². The van der Waals surface area contributed by atoms with E-state index in [0.29, 0.717) is 12.4 Å². The second kappa shape index (κ2) is 7.92. The molecule has 0 spiro atoms. The van der Waals surface area contributed by atoms with Gasteiger partial charge in [0.1, 0.15) is 5.82 Å². The Morgan fingerprint density at radius 1 is 1.10 bits per heavy atom. The second-order valence-electron chi connectivity index (χ2n) is 8.00. The fourth-order valence-corrected chi connectivity index (χ4v) is 4.14. The Labute approximate surface area is 180 Å². The molecule has 7 nitrogen and oxygen atoms in total. The van der Waals surface area contributed by atoms with Crippen molar-refractivity contribution in [3.63, 3.8) is 0 Å². The lowest BCUT2D eigenvalue weighted by atomic mass is 10.1. The molecule has 0 atom stereocenters. The summed E-state index contributed by atoms with van der Waals surface area (Å²) in [5.41, 5.74) is 6.97. The summed E-state index contributed by atoms with van der Waals surface area (Å²) in [5.74, 6) is 0.584. The molecule has 7 heteroatoms. The standard InChI is InChI=1S/C24H24N6O/c1-16-6-3-4-8-22(16)30-17(2)19(13-26-30)14-29-11-9-21-20(15-29)24(31)28-23(27-21)18-7-5-10-25-12-18/h3-8,10,12-13H,9,11,14-15H2,1-2H3,(H,27,28,31). The van der Waals surface area contributed by atoms with Gasteiger partial charge < -0.3 is 4.98 Å². The number of H-pyrrole nitrogens is 1. The first-order valence-corrected chi connectivity index (χ1v) is 10.4. The van der Waals surface area contributed by atoms with Crippen LogP contribution in [0.25, 0.3) is 17.1 Å². The van der Waals surface area contributed by atoms with Gasteiger partial charge in [0.05, 0.1) is 23.1 Å². The van der Waals surface area contributed by atoms with E-state index in [4.69, 9.17) is 4.98 Å². The number of aryl methyl sites for hydroxylation is 1. The molecule has 3 aromatic heterocycles. The maximum atomic E-state index is 12.8. The average molecular weight is 412 g/mol. The van der Waals surface area contributed by atoms with Crippen molar-refractivity contribution in [1.29, 1.82) is 0 Å². The molecule has 1 aliphatic rings. The van der Waals surface area contributed by atoms with Gasteiger partial charge in [-0.2, -0.15) is 5.10 Å². The first-order chi connectivity index (χ1) is 15.1. The van der Waals surface area contributed by atoms with Crippen LogP contribution in [0.5, 0.6) is 0 Å². The van der Waals surface area contributed by atoms with Crippen molar-refractivity contribution in [3.05, 3.63) is 93.4 Å². The number of hydrogen-bond donors (Lipinski definition) is 1. The molecule has 5 rings (SSSR count). The maximum Gasteiger partial charge on any atom is 0.255 e. The lowest BCUT2D eigenvalue weighted by molar-refractivity contribution is 0.241. The van der Waals surface area contributed by atoms with Crippen LogP contribution in [0, 0.1) is 13.8 Å². The highest BCUT2D eigenvalue weighted by molar-refractivity contribution is 5.53. The van der Waals surface area contributed by atoms with E-state index in [1.807, 2.05) is 35.1 Å². The van der Waals surface area contributed by atoms with Crippen molar-refractivity contribution in [1.82, 2.24) is 29.6 Å². The topological polar surface area (TPSA) is 79.7 Å². The smallest absolute Gasteiger partial charge is 0.255 e. The van der Waals surface area contributed by atoms with E-state index < -0.39 is 0 Å². The molecule has 0 amide bonds. The van der Waals surface area contributed by atoms with Gasteiger partial charge in [0, 0.05) is 55.3 Å². The molecule has 1 aromatic carbocycles. The number of aromatic nitrogens is 5. The van der Waals surface area contributed by atoms with Gasteiger partial charge in [0.2, 0.25) is 0 Å². The third-order valence-corrected chi connectivity index (χ3v) is 5.93. The summed E-state index contributed by atoms with van der Waals surface area (Å²) in [5, 5.41) is 4.62. The quantitative estimate of drug-likeness (QED) is 0.557. The molecule has 0 radical (unpaired) electrons. The molecular weight excluding hydrogens is 388 g/mol. The van der Waals surface area contributed by atoms with Gasteiger partial charge in [-0.1, -0.05) is 18.2 Å². The Hall–Kier alpha value is -3.58. The summed E-state index contributed by atoms with van der Waals surface area (Å²) in [7, 11) is 0. The molecule has 0 fully saturated rings. The van der Waals surface area contributed by atoms with Gasteiger partial charge in [-0.15, -0.1) is 0 Å². The van der Waals surface area contributed by atoms with E-state index in [0.717, 1.165) is 47.7 Å². The van der Waals surface area contributed by atoms with Gasteiger partial charge in [0.25, 0.3) is 5.56 Å². The van der Waals surface area contributed by atoms with Crippen LogP contribution in [0.3, 0.4) is 0 Å². The Kier molecular flexibility index (Phi) is 4.95. The molecule has 0 saturated carbocycles. The molecule has 31 heavy (non-hydrogen) atoms. The number of benzene rings is 1. The molecule has 4 aromatic rings. The fourth-order valence-electron chi connectivity index (χ4n) is 4.14. The van der Waals surface area contributed by atoms with Crippen molar-refractivity contribution in [2.24, 2.45) is 0 Å². The SMILES string of the molecule is Cc1ccccc1-n1ncc(CN2CCc3nc(-c4cccnc4)[nH]c(=O)c3C2)c1C. The van der Waals surface area contributed by atoms with E-state index in [1.54, 1.807) is 12.4 Å². The summed E-state index contributed by atoms with van der Waals surface area (Å²) >= 11 is 0.